The van der Waals surface area contributed by atoms with E-state index in [0.717, 1.165) is 6.20 Å². The minimum Gasteiger partial charge on any atom is -0.354 e. The summed E-state index contributed by atoms with van der Waals surface area (Å²) >= 11 is 0. The second kappa shape index (κ2) is 9.57. The van der Waals surface area contributed by atoms with Gasteiger partial charge in [-0.25, -0.2) is 13.8 Å². The Bertz CT molecular complexity index is 1430. The van der Waals surface area contributed by atoms with Crippen molar-refractivity contribution in [3.8, 4) is 16.8 Å². The molecule has 0 atom stereocenters. The van der Waals surface area contributed by atoms with Crippen molar-refractivity contribution >= 4 is 17.1 Å². The van der Waals surface area contributed by atoms with Gasteiger partial charge in [-0.1, -0.05) is 24.3 Å². The van der Waals surface area contributed by atoms with E-state index in [4.69, 9.17) is 5.41 Å². The number of benzene rings is 2. The van der Waals surface area contributed by atoms with Crippen LogP contribution in [-0.2, 0) is 0 Å². The van der Waals surface area contributed by atoms with Crippen LogP contribution in [0.15, 0.2) is 84.1 Å². The van der Waals surface area contributed by atoms with Gasteiger partial charge in [0.2, 0.25) is 5.43 Å². The molecule has 2 N–H and O–H groups in total. The van der Waals surface area contributed by atoms with Crippen LogP contribution >= 0.6 is 0 Å². The molecule has 0 amide bonds. The summed E-state index contributed by atoms with van der Waals surface area (Å²) in [4.78, 5) is 12.6. The Morgan fingerprint density at radius 3 is 2.53 bits per heavy atom. The second-order valence-electron chi connectivity index (χ2n) is 7.36. The summed E-state index contributed by atoms with van der Waals surface area (Å²) in [6.07, 6.45) is 5.14. The first-order chi connectivity index (χ1) is 16.3. The lowest BCUT2D eigenvalue weighted by molar-refractivity contribution is 0.0566. The minimum absolute atomic E-state index is 0.000334. The molecule has 4 aromatic rings. The van der Waals surface area contributed by atoms with Crippen LogP contribution < -0.4 is 10.7 Å². The SMILES string of the molecule is CC(=N)/C=C(\Nc1ccccc1)c1nn(-c2ccc(-c3cnn(C(F)F)c3)cc2F)ccc1=O. The molecule has 0 fully saturated rings. The Labute approximate surface area is 192 Å². The van der Waals surface area contributed by atoms with E-state index in [1.165, 1.54) is 41.4 Å². The molecule has 7 nitrogen and oxygen atoms in total. The lowest BCUT2D eigenvalue weighted by atomic mass is 10.1. The molecule has 172 valence electrons. The van der Waals surface area contributed by atoms with E-state index in [2.05, 4.69) is 15.5 Å². The number of nitrogens with one attached hydrogen (secondary N) is 2. The van der Waals surface area contributed by atoms with E-state index in [-0.39, 0.29) is 22.8 Å². The van der Waals surface area contributed by atoms with Crippen molar-refractivity contribution < 1.29 is 13.2 Å². The highest BCUT2D eigenvalue weighted by Crippen LogP contribution is 2.25. The number of hydrogen-bond acceptors (Lipinski definition) is 5. The van der Waals surface area contributed by atoms with Crippen molar-refractivity contribution in [2.75, 3.05) is 5.32 Å². The third kappa shape index (κ3) is 4.96. The molecule has 0 aliphatic carbocycles. The fourth-order valence-electron chi connectivity index (χ4n) is 3.25. The van der Waals surface area contributed by atoms with Gasteiger partial charge in [-0.3, -0.25) is 4.79 Å². The number of rotatable bonds is 7. The molecule has 2 heterocycles. The van der Waals surface area contributed by atoms with Gasteiger partial charge in [0.1, 0.15) is 11.5 Å². The maximum atomic E-state index is 15.0. The average molecular weight is 464 g/mol. The Balaban J connectivity index is 1.72. The Kier molecular flexibility index (Phi) is 6.39. The van der Waals surface area contributed by atoms with E-state index in [1.54, 1.807) is 25.1 Å². The van der Waals surface area contributed by atoms with Gasteiger partial charge in [0.15, 0.2) is 5.69 Å². The number of nitrogens with zero attached hydrogens (tertiary/aromatic N) is 4. The summed E-state index contributed by atoms with van der Waals surface area (Å²) in [5.41, 5.74) is 1.49. The molecule has 4 rings (SSSR count). The summed E-state index contributed by atoms with van der Waals surface area (Å²) in [5, 5.41) is 18.8. The number of halogens is 3. The van der Waals surface area contributed by atoms with Crippen LogP contribution in [0.1, 0.15) is 19.2 Å². The van der Waals surface area contributed by atoms with E-state index in [1.807, 2.05) is 18.2 Å². The zero-order valence-corrected chi connectivity index (χ0v) is 17.9. The van der Waals surface area contributed by atoms with E-state index < -0.39 is 17.8 Å². The number of allylic oxidation sites excluding steroid dienone is 1. The van der Waals surface area contributed by atoms with E-state index in [9.17, 15) is 18.0 Å². The van der Waals surface area contributed by atoms with Crippen LogP contribution in [0, 0.1) is 11.2 Å². The predicted molar refractivity (Wildman–Crippen MR) is 124 cm³/mol. The highest BCUT2D eigenvalue weighted by Gasteiger charge is 2.15. The van der Waals surface area contributed by atoms with Crippen LogP contribution in [0.5, 0.6) is 0 Å². The molecule has 0 aliphatic rings. The van der Waals surface area contributed by atoms with Crippen molar-refractivity contribution in [2.24, 2.45) is 0 Å². The molecule has 0 radical (unpaired) electrons. The van der Waals surface area contributed by atoms with Gasteiger partial charge in [-0.2, -0.15) is 19.0 Å². The molecule has 34 heavy (non-hydrogen) atoms. The maximum Gasteiger partial charge on any atom is 0.333 e. The zero-order valence-electron chi connectivity index (χ0n) is 17.9. The first kappa shape index (κ1) is 22.7. The lowest BCUT2D eigenvalue weighted by Crippen LogP contribution is -2.19. The lowest BCUT2D eigenvalue weighted by Gasteiger charge is -2.13. The minimum atomic E-state index is -2.79. The fraction of sp³-hybridized carbons (Fsp3) is 0.0833. The molecular formula is C24H19F3N6O. The van der Waals surface area contributed by atoms with Gasteiger partial charge in [0, 0.05) is 35.4 Å². The summed E-state index contributed by atoms with van der Waals surface area (Å²) in [6.45, 7) is -1.24. The summed E-state index contributed by atoms with van der Waals surface area (Å²) < 4.78 is 42.2. The van der Waals surface area contributed by atoms with Gasteiger partial charge in [0.05, 0.1) is 11.9 Å². The quantitative estimate of drug-likeness (QED) is 0.372. The molecular weight excluding hydrogens is 445 g/mol. The fourth-order valence-corrected chi connectivity index (χ4v) is 3.25. The van der Waals surface area contributed by atoms with Gasteiger partial charge in [-0.05, 0) is 42.8 Å². The summed E-state index contributed by atoms with van der Waals surface area (Å²) in [5.74, 6) is -0.672. The first-order valence-corrected chi connectivity index (χ1v) is 10.1. The Morgan fingerprint density at radius 1 is 1.12 bits per heavy atom. The molecule has 0 spiro atoms. The van der Waals surface area contributed by atoms with Crippen LogP contribution in [0.4, 0.5) is 18.9 Å². The van der Waals surface area contributed by atoms with Crippen molar-refractivity contribution in [1.29, 1.82) is 5.41 Å². The maximum absolute atomic E-state index is 15.0. The van der Waals surface area contributed by atoms with E-state index >= 15 is 0 Å². The smallest absolute Gasteiger partial charge is 0.333 e. The van der Waals surface area contributed by atoms with Crippen molar-refractivity contribution in [1.82, 2.24) is 19.6 Å². The van der Waals surface area contributed by atoms with Gasteiger partial charge >= 0.3 is 6.55 Å². The first-order valence-electron chi connectivity index (χ1n) is 10.1. The molecule has 2 aromatic carbocycles. The number of para-hydroxylation sites is 1. The Hall–Kier alpha value is -4.47. The van der Waals surface area contributed by atoms with Crippen molar-refractivity contribution in [3.63, 3.8) is 0 Å². The monoisotopic (exact) mass is 464 g/mol. The van der Waals surface area contributed by atoms with Crippen molar-refractivity contribution in [2.45, 2.75) is 13.5 Å². The molecule has 10 heteroatoms. The Morgan fingerprint density at radius 2 is 1.88 bits per heavy atom. The van der Waals surface area contributed by atoms with Gasteiger partial charge in [0.25, 0.3) is 0 Å². The van der Waals surface area contributed by atoms with Gasteiger partial charge in [-0.15, -0.1) is 0 Å². The second-order valence-corrected chi connectivity index (χ2v) is 7.36. The van der Waals surface area contributed by atoms with E-state index in [0.29, 0.717) is 21.5 Å². The third-order valence-corrected chi connectivity index (χ3v) is 4.81. The number of hydrogen-bond donors (Lipinski definition) is 2. The number of alkyl halides is 2. The van der Waals surface area contributed by atoms with Crippen LogP contribution in [-0.4, -0.2) is 25.3 Å². The molecule has 0 saturated heterocycles. The van der Waals surface area contributed by atoms with Crippen molar-refractivity contribution in [3.05, 3.63) is 101 Å². The number of aromatic nitrogens is 4. The van der Waals surface area contributed by atoms with Crippen LogP contribution in [0.25, 0.3) is 22.5 Å². The summed E-state index contributed by atoms with van der Waals surface area (Å²) in [6, 6.07) is 14.5. The highest BCUT2D eigenvalue weighted by molar-refractivity contribution is 5.98. The van der Waals surface area contributed by atoms with Crippen LogP contribution in [0.2, 0.25) is 0 Å². The highest BCUT2D eigenvalue weighted by atomic mass is 19.3. The normalized spacial score (nSPS) is 11.6. The molecule has 0 unspecified atom stereocenters. The largest absolute Gasteiger partial charge is 0.354 e. The number of anilines is 1. The average Bonchev–Trinajstić information content (AvgIpc) is 3.30. The predicted octanol–water partition coefficient (Wildman–Crippen LogP) is 5.12. The topological polar surface area (TPSA) is 88.6 Å². The molecule has 0 aliphatic heterocycles. The molecule has 0 saturated carbocycles. The molecule has 2 aromatic heterocycles. The van der Waals surface area contributed by atoms with Gasteiger partial charge < -0.3 is 10.7 Å². The zero-order chi connectivity index (χ0) is 24.2. The molecule has 0 bridgehead atoms. The third-order valence-electron chi connectivity index (χ3n) is 4.81. The summed E-state index contributed by atoms with van der Waals surface area (Å²) in [7, 11) is 0. The standard InChI is InChI=1S/C24H19F3N6O/c1-15(28)11-20(30-18-5-3-2-4-6-18)23-22(34)9-10-32(31-23)21-8-7-16(12-19(21)25)17-13-29-33(14-17)24(26)27/h2-14,24,28,30H,1H3/b20-11-,28-15?. The van der Waals surface area contributed by atoms with Crippen LogP contribution in [0.3, 0.4) is 0 Å².